The molecule has 1 saturated heterocycles. The maximum absolute atomic E-state index is 12.1. The SMILES string of the molecule is CCCOc1cccc(C(=O)N2CC(C)(O)C2)c1. The number of hydrogen-bond acceptors (Lipinski definition) is 3. The van der Waals surface area contributed by atoms with Crippen molar-refractivity contribution < 1.29 is 14.6 Å². The van der Waals surface area contributed by atoms with Crippen LogP contribution in [-0.4, -0.2) is 41.2 Å². The van der Waals surface area contributed by atoms with Gasteiger partial charge in [0.15, 0.2) is 0 Å². The van der Waals surface area contributed by atoms with Crippen molar-refractivity contribution in [3.8, 4) is 5.75 Å². The lowest BCUT2D eigenvalue weighted by atomic mass is 9.96. The van der Waals surface area contributed by atoms with E-state index in [1.165, 1.54) is 0 Å². The zero-order valence-electron chi connectivity index (χ0n) is 10.8. The molecule has 1 aromatic rings. The molecule has 4 nitrogen and oxygen atoms in total. The monoisotopic (exact) mass is 249 g/mol. The molecule has 0 atom stereocenters. The molecule has 0 bridgehead atoms. The number of β-amino-alcohol motifs (C(OH)–C–C–N with tert-alkyl or cyclic N) is 1. The van der Waals surface area contributed by atoms with Gasteiger partial charge in [0.1, 0.15) is 5.75 Å². The number of aliphatic hydroxyl groups is 1. The number of rotatable bonds is 4. The van der Waals surface area contributed by atoms with E-state index in [1.54, 1.807) is 24.0 Å². The third-order valence-electron chi connectivity index (χ3n) is 2.90. The highest BCUT2D eigenvalue weighted by Crippen LogP contribution is 2.23. The molecule has 98 valence electrons. The van der Waals surface area contributed by atoms with Crippen LogP contribution in [0.15, 0.2) is 24.3 Å². The molecule has 1 aliphatic heterocycles. The number of nitrogens with zero attached hydrogens (tertiary/aromatic N) is 1. The molecule has 0 radical (unpaired) electrons. The molecule has 0 aliphatic carbocycles. The Bertz CT molecular complexity index is 434. The third-order valence-corrected chi connectivity index (χ3v) is 2.90. The second-order valence-electron chi connectivity index (χ2n) is 5.03. The average molecular weight is 249 g/mol. The fraction of sp³-hybridized carbons (Fsp3) is 0.500. The van der Waals surface area contributed by atoms with Crippen molar-refractivity contribution in [2.24, 2.45) is 0 Å². The molecule has 0 aromatic heterocycles. The van der Waals surface area contributed by atoms with Crippen molar-refractivity contribution in [2.75, 3.05) is 19.7 Å². The lowest BCUT2D eigenvalue weighted by molar-refractivity contribution is -0.0668. The molecule has 1 aliphatic rings. The van der Waals surface area contributed by atoms with E-state index in [1.807, 2.05) is 19.1 Å². The van der Waals surface area contributed by atoms with Crippen LogP contribution in [0.3, 0.4) is 0 Å². The first-order valence-electron chi connectivity index (χ1n) is 6.26. The molecule has 0 unspecified atom stereocenters. The zero-order chi connectivity index (χ0) is 13.2. The van der Waals surface area contributed by atoms with E-state index in [4.69, 9.17) is 4.74 Å². The first kappa shape index (κ1) is 12.9. The predicted octanol–water partition coefficient (Wildman–Crippen LogP) is 1.68. The van der Waals surface area contributed by atoms with Crippen molar-refractivity contribution in [1.29, 1.82) is 0 Å². The maximum Gasteiger partial charge on any atom is 0.254 e. The van der Waals surface area contributed by atoms with Crippen LogP contribution in [0.4, 0.5) is 0 Å². The largest absolute Gasteiger partial charge is 0.494 e. The Labute approximate surface area is 107 Å². The molecular weight excluding hydrogens is 230 g/mol. The molecule has 1 aromatic carbocycles. The van der Waals surface area contributed by atoms with Gasteiger partial charge in [0.05, 0.1) is 25.3 Å². The van der Waals surface area contributed by atoms with Gasteiger partial charge in [-0.25, -0.2) is 0 Å². The van der Waals surface area contributed by atoms with E-state index in [0.29, 0.717) is 25.3 Å². The van der Waals surface area contributed by atoms with Gasteiger partial charge in [0.2, 0.25) is 0 Å². The molecular formula is C14H19NO3. The van der Waals surface area contributed by atoms with Gasteiger partial charge in [-0.1, -0.05) is 13.0 Å². The van der Waals surface area contributed by atoms with Crippen molar-refractivity contribution in [1.82, 2.24) is 4.90 Å². The predicted molar refractivity (Wildman–Crippen MR) is 68.8 cm³/mol. The van der Waals surface area contributed by atoms with E-state index in [-0.39, 0.29) is 5.91 Å². The minimum Gasteiger partial charge on any atom is -0.494 e. The minimum absolute atomic E-state index is 0.0523. The molecule has 18 heavy (non-hydrogen) atoms. The van der Waals surface area contributed by atoms with Crippen LogP contribution in [0.25, 0.3) is 0 Å². The molecule has 1 amide bonds. The smallest absolute Gasteiger partial charge is 0.254 e. The van der Waals surface area contributed by atoms with Gasteiger partial charge in [-0.15, -0.1) is 0 Å². The summed E-state index contributed by atoms with van der Waals surface area (Å²) in [5, 5.41) is 9.63. The highest BCUT2D eigenvalue weighted by atomic mass is 16.5. The summed E-state index contributed by atoms with van der Waals surface area (Å²) in [6, 6.07) is 7.19. The molecule has 2 rings (SSSR count). The van der Waals surface area contributed by atoms with Crippen molar-refractivity contribution in [3.63, 3.8) is 0 Å². The van der Waals surface area contributed by atoms with Crippen LogP contribution in [0.5, 0.6) is 5.75 Å². The fourth-order valence-corrected chi connectivity index (χ4v) is 2.04. The summed E-state index contributed by atoms with van der Waals surface area (Å²) >= 11 is 0. The minimum atomic E-state index is -0.730. The van der Waals surface area contributed by atoms with Crippen molar-refractivity contribution in [2.45, 2.75) is 25.9 Å². The van der Waals surface area contributed by atoms with Gasteiger partial charge in [-0.3, -0.25) is 4.79 Å². The zero-order valence-corrected chi connectivity index (χ0v) is 10.8. The first-order chi connectivity index (χ1) is 8.52. The van der Waals surface area contributed by atoms with E-state index in [2.05, 4.69) is 0 Å². The summed E-state index contributed by atoms with van der Waals surface area (Å²) in [6.45, 7) is 5.21. The second-order valence-corrected chi connectivity index (χ2v) is 5.03. The number of likely N-dealkylation sites (tertiary alicyclic amines) is 1. The highest BCUT2D eigenvalue weighted by Gasteiger charge is 2.39. The van der Waals surface area contributed by atoms with Gasteiger partial charge < -0.3 is 14.7 Å². The summed E-state index contributed by atoms with van der Waals surface area (Å²) < 4.78 is 5.50. The number of ether oxygens (including phenoxy) is 1. The van der Waals surface area contributed by atoms with Crippen molar-refractivity contribution in [3.05, 3.63) is 29.8 Å². The summed E-state index contributed by atoms with van der Waals surface area (Å²) in [6.07, 6.45) is 0.938. The molecule has 0 saturated carbocycles. The number of amides is 1. The Morgan fingerprint density at radius 3 is 2.83 bits per heavy atom. The number of carbonyl (C=O) groups excluding carboxylic acids is 1. The fourth-order valence-electron chi connectivity index (χ4n) is 2.04. The Balaban J connectivity index is 2.02. The lowest BCUT2D eigenvalue weighted by Gasteiger charge is -2.44. The Morgan fingerprint density at radius 1 is 1.50 bits per heavy atom. The van der Waals surface area contributed by atoms with Gasteiger partial charge in [0.25, 0.3) is 5.91 Å². The normalized spacial score (nSPS) is 17.2. The summed E-state index contributed by atoms with van der Waals surface area (Å²) in [5.74, 6) is 0.665. The quantitative estimate of drug-likeness (QED) is 0.883. The van der Waals surface area contributed by atoms with Gasteiger partial charge in [-0.2, -0.15) is 0 Å². The Morgan fingerprint density at radius 2 is 2.22 bits per heavy atom. The standard InChI is InChI=1S/C14H19NO3/c1-3-7-18-12-6-4-5-11(8-12)13(16)15-9-14(2,17)10-15/h4-6,8,17H,3,7,9-10H2,1-2H3. The molecule has 4 heteroatoms. The Kier molecular flexibility index (Phi) is 3.57. The molecule has 1 fully saturated rings. The Hall–Kier alpha value is -1.55. The summed E-state index contributed by atoms with van der Waals surface area (Å²) in [5.41, 5.74) is -0.120. The third kappa shape index (κ3) is 2.82. The summed E-state index contributed by atoms with van der Waals surface area (Å²) in [4.78, 5) is 13.7. The van der Waals surface area contributed by atoms with E-state index in [9.17, 15) is 9.90 Å². The van der Waals surface area contributed by atoms with Crippen LogP contribution in [0.1, 0.15) is 30.6 Å². The van der Waals surface area contributed by atoms with Crippen LogP contribution in [-0.2, 0) is 0 Å². The number of carbonyl (C=O) groups is 1. The topological polar surface area (TPSA) is 49.8 Å². The average Bonchev–Trinajstić information content (AvgIpc) is 2.33. The summed E-state index contributed by atoms with van der Waals surface area (Å²) in [7, 11) is 0. The van der Waals surface area contributed by atoms with Crippen LogP contribution in [0.2, 0.25) is 0 Å². The lowest BCUT2D eigenvalue weighted by Crippen LogP contribution is -2.61. The highest BCUT2D eigenvalue weighted by molar-refractivity contribution is 5.95. The van der Waals surface area contributed by atoms with Crippen molar-refractivity contribution >= 4 is 5.91 Å². The van der Waals surface area contributed by atoms with Crippen LogP contribution in [0, 0.1) is 0 Å². The van der Waals surface area contributed by atoms with Gasteiger partial charge in [0, 0.05) is 5.56 Å². The number of benzene rings is 1. The first-order valence-corrected chi connectivity index (χ1v) is 6.26. The van der Waals surface area contributed by atoms with Gasteiger partial charge >= 0.3 is 0 Å². The van der Waals surface area contributed by atoms with Crippen LogP contribution < -0.4 is 4.74 Å². The van der Waals surface area contributed by atoms with Crippen LogP contribution >= 0.6 is 0 Å². The molecule has 1 N–H and O–H groups in total. The van der Waals surface area contributed by atoms with Gasteiger partial charge in [-0.05, 0) is 31.5 Å². The number of hydrogen-bond donors (Lipinski definition) is 1. The second kappa shape index (κ2) is 4.98. The molecule has 0 spiro atoms. The maximum atomic E-state index is 12.1. The van der Waals surface area contributed by atoms with E-state index in [0.717, 1.165) is 12.2 Å². The van der Waals surface area contributed by atoms with E-state index >= 15 is 0 Å². The van der Waals surface area contributed by atoms with E-state index < -0.39 is 5.60 Å². The molecule has 1 heterocycles.